The van der Waals surface area contributed by atoms with Crippen molar-refractivity contribution in [2.24, 2.45) is 4.99 Å². The number of aromatic nitrogens is 2. The van der Waals surface area contributed by atoms with Crippen molar-refractivity contribution >= 4 is 5.96 Å². The van der Waals surface area contributed by atoms with Crippen LogP contribution in [-0.4, -0.2) is 52.8 Å². The van der Waals surface area contributed by atoms with Crippen LogP contribution in [0, 0.1) is 6.92 Å². The van der Waals surface area contributed by atoms with Crippen LogP contribution in [0.2, 0.25) is 0 Å². The van der Waals surface area contributed by atoms with Gasteiger partial charge in [0, 0.05) is 44.0 Å². The van der Waals surface area contributed by atoms with Gasteiger partial charge in [-0.2, -0.15) is 5.10 Å². The molecule has 1 aromatic heterocycles. The van der Waals surface area contributed by atoms with Gasteiger partial charge < -0.3 is 10.6 Å². The fraction of sp³-hybridized carbons (Fsp3) is 0.545. The summed E-state index contributed by atoms with van der Waals surface area (Å²) >= 11 is 0. The number of benzene rings is 1. The lowest BCUT2D eigenvalue weighted by atomic mass is 10.1. The van der Waals surface area contributed by atoms with E-state index >= 15 is 0 Å². The van der Waals surface area contributed by atoms with Crippen molar-refractivity contribution in [3.8, 4) is 0 Å². The Morgan fingerprint density at radius 3 is 2.86 bits per heavy atom. The summed E-state index contributed by atoms with van der Waals surface area (Å²) in [6.07, 6.45) is 5.10. The Balaban J connectivity index is 1.48. The summed E-state index contributed by atoms with van der Waals surface area (Å²) in [6, 6.07) is 11.7. The number of aryl methyl sites for hydroxylation is 2. The van der Waals surface area contributed by atoms with Gasteiger partial charge >= 0.3 is 0 Å². The fourth-order valence-corrected chi connectivity index (χ4v) is 3.84. The van der Waals surface area contributed by atoms with Crippen LogP contribution in [0.1, 0.15) is 43.5 Å². The van der Waals surface area contributed by atoms with Crippen LogP contribution in [0.5, 0.6) is 0 Å². The smallest absolute Gasteiger partial charge is 0.191 e. The summed E-state index contributed by atoms with van der Waals surface area (Å²) in [5.41, 5.74) is 3.83. The molecule has 6 nitrogen and oxygen atoms in total. The maximum atomic E-state index is 4.79. The predicted molar refractivity (Wildman–Crippen MR) is 115 cm³/mol. The largest absolute Gasteiger partial charge is 0.357 e. The number of hydrogen-bond donors (Lipinski definition) is 3. The second-order valence-corrected chi connectivity index (χ2v) is 7.73. The molecule has 1 aromatic carbocycles. The lowest BCUT2D eigenvalue weighted by Gasteiger charge is -2.21. The molecule has 152 valence electrons. The molecule has 2 atom stereocenters. The van der Waals surface area contributed by atoms with Crippen molar-refractivity contribution < 1.29 is 0 Å². The molecule has 1 aliphatic heterocycles. The minimum absolute atomic E-state index is 0.438. The van der Waals surface area contributed by atoms with E-state index in [-0.39, 0.29) is 0 Å². The molecule has 0 aliphatic carbocycles. The Labute approximate surface area is 168 Å². The molecule has 1 saturated heterocycles. The Morgan fingerprint density at radius 1 is 1.32 bits per heavy atom. The highest BCUT2D eigenvalue weighted by molar-refractivity contribution is 5.80. The van der Waals surface area contributed by atoms with Crippen molar-refractivity contribution in [1.82, 2.24) is 25.7 Å². The third kappa shape index (κ3) is 5.83. The first-order valence-electron chi connectivity index (χ1n) is 10.5. The first kappa shape index (κ1) is 20.4. The van der Waals surface area contributed by atoms with Gasteiger partial charge in [-0.1, -0.05) is 30.3 Å². The average Bonchev–Trinajstić information content (AvgIpc) is 3.25. The number of H-pyrrole nitrogens is 1. The van der Waals surface area contributed by atoms with Crippen molar-refractivity contribution in [2.45, 2.75) is 58.7 Å². The van der Waals surface area contributed by atoms with Gasteiger partial charge in [-0.3, -0.25) is 15.0 Å². The molecule has 0 spiro atoms. The predicted octanol–water partition coefficient (Wildman–Crippen LogP) is 2.87. The van der Waals surface area contributed by atoms with Gasteiger partial charge in [-0.25, -0.2) is 0 Å². The third-order valence-electron chi connectivity index (χ3n) is 5.43. The van der Waals surface area contributed by atoms with Crippen LogP contribution in [0.15, 0.2) is 41.5 Å². The number of hydrogen-bond acceptors (Lipinski definition) is 3. The van der Waals surface area contributed by atoms with E-state index in [1.807, 2.05) is 6.20 Å². The summed E-state index contributed by atoms with van der Waals surface area (Å²) < 4.78 is 0. The summed E-state index contributed by atoms with van der Waals surface area (Å²) in [6.45, 7) is 10.3. The van der Waals surface area contributed by atoms with E-state index in [0.29, 0.717) is 12.1 Å². The van der Waals surface area contributed by atoms with Crippen molar-refractivity contribution in [3.63, 3.8) is 0 Å². The number of aromatic amines is 1. The highest BCUT2D eigenvalue weighted by Gasteiger charge is 2.29. The highest BCUT2D eigenvalue weighted by Crippen LogP contribution is 2.20. The molecule has 1 fully saturated rings. The standard InChI is InChI=1S/C22H34N6/c1-4-23-22(24-12-8-11-20-14-25-27-18(20)3)26-21-13-17(2)28(16-21)15-19-9-6-5-7-10-19/h5-7,9-10,14,17,21H,4,8,11-13,15-16H2,1-3H3,(H,25,27)(H2,23,24,26). The lowest BCUT2D eigenvalue weighted by molar-refractivity contribution is 0.258. The molecule has 0 bridgehead atoms. The first-order valence-corrected chi connectivity index (χ1v) is 10.5. The molecule has 0 saturated carbocycles. The minimum Gasteiger partial charge on any atom is -0.357 e. The molecule has 6 heteroatoms. The van der Waals surface area contributed by atoms with Crippen molar-refractivity contribution in [2.75, 3.05) is 19.6 Å². The molecule has 1 aliphatic rings. The molecule has 0 amide bonds. The molecular formula is C22H34N6. The second-order valence-electron chi connectivity index (χ2n) is 7.73. The zero-order valence-electron chi connectivity index (χ0n) is 17.4. The highest BCUT2D eigenvalue weighted by atomic mass is 15.3. The second kappa shape index (κ2) is 10.3. The minimum atomic E-state index is 0.438. The van der Waals surface area contributed by atoms with Gasteiger partial charge in [0.15, 0.2) is 5.96 Å². The van der Waals surface area contributed by atoms with Gasteiger partial charge in [-0.05, 0) is 51.2 Å². The summed E-state index contributed by atoms with van der Waals surface area (Å²) in [5, 5.41) is 14.1. The van der Waals surface area contributed by atoms with Crippen LogP contribution < -0.4 is 10.6 Å². The maximum absolute atomic E-state index is 4.79. The molecule has 3 rings (SSSR count). The van der Waals surface area contributed by atoms with Gasteiger partial charge in [0.2, 0.25) is 0 Å². The van der Waals surface area contributed by atoms with E-state index in [4.69, 9.17) is 4.99 Å². The van der Waals surface area contributed by atoms with Gasteiger partial charge in [0.25, 0.3) is 0 Å². The molecule has 3 N–H and O–H groups in total. The van der Waals surface area contributed by atoms with Crippen molar-refractivity contribution in [1.29, 1.82) is 0 Å². The lowest BCUT2D eigenvalue weighted by Crippen LogP contribution is -2.44. The zero-order chi connectivity index (χ0) is 19.8. The van der Waals surface area contributed by atoms with Gasteiger partial charge in [0.05, 0.1) is 6.20 Å². The van der Waals surface area contributed by atoms with Crippen molar-refractivity contribution in [3.05, 3.63) is 53.3 Å². The monoisotopic (exact) mass is 382 g/mol. The quantitative estimate of drug-likeness (QED) is 0.373. The van der Waals surface area contributed by atoms with E-state index in [1.54, 1.807) is 0 Å². The Bertz CT molecular complexity index is 738. The molecule has 28 heavy (non-hydrogen) atoms. The zero-order valence-corrected chi connectivity index (χ0v) is 17.4. The molecule has 2 unspecified atom stereocenters. The SMILES string of the molecule is CCNC(=NCCCc1cn[nH]c1C)NC1CC(C)N(Cc2ccccc2)C1. The summed E-state index contributed by atoms with van der Waals surface area (Å²) in [7, 11) is 0. The molecule has 2 aromatic rings. The van der Waals surface area contributed by atoms with Crippen LogP contribution in [0.25, 0.3) is 0 Å². The third-order valence-corrected chi connectivity index (χ3v) is 5.43. The van der Waals surface area contributed by atoms with Crippen LogP contribution in [0.3, 0.4) is 0 Å². The average molecular weight is 383 g/mol. The number of guanidine groups is 1. The summed E-state index contributed by atoms with van der Waals surface area (Å²) in [5.74, 6) is 0.935. The van der Waals surface area contributed by atoms with Crippen LogP contribution >= 0.6 is 0 Å². The first-order chi connectivity index (χ1) is 13.7. The van der Waals surface area contributed by atoms with E-state index in [1.165, 1.54) is 11.1 Å². The molecular weight excluding hydrogens is 348 g/mol. The summed E-state index contributed by atoms with van der Waals surface area (Å²) in [4.78, 5) is 7.34. The van der Waals surface area contributed by atoms with E-state index < -0.39 is 0 Å². The molecule has 0 radical (unpaired) electrons. The van der Waals surface area contributed by atoms with Crippen LogP contribution in [0.4, 0.5) is 0 Å². The maximum Gasteiger partial charge on any atom is 0.191 e. The van der Waals surface area contributed by atoms with E-state index in [9.17, 15) is 0 Å². The number of nitrogens with one attached hydrogen (secondary N) is 3. The van der Waals surface area contributed by atoms with E-state index in [2.05, 4.69) is 76.8 Å². The van der Waals surface area contributed by atoms with Crippen LogP contribution in [-0.2, 0) is 13.0 Å². The number of nitrogens with zero attached hydrogens (tertiary/aromatic N) is 3. The van der Waals surface area contributed by atoms with Gasteiger partial charge in [0.1, 0.15) is 0 Å². The Hall–Kier alpha value is -2.34. The molecule has 2 heterocycles. The van der Waals surface area contributed by atoms with Gasteiger partial charge in [-0.15, -0.1) is 0 Å². The normalized spacial score (nSPS) is 20.5. The van der Waals surface area contributed by atoms with E-state index in [0.717, 1.165) is 57.1 Å². The Kier molecular flexibility index (Phi) is 7.48. The Morgan fingerprint density at radius 2 is 2.14 bits per heavy atom. The number of rotatable bonds is 8. The fourth-order valence-electron chi connectivity index (χ4n) is 3.84. The number of likely N-dealkylation sites (tertiary alicyclic amines) is 1. The number of aliphatic imine (C=N–C) groups is 1. The topological polar surface area (TPSA) is 68.3 Å².